The quantitative estimate of drug-likeness (QED) is 0.595. The number of benzene rings is 1. The van der Waals surface area contributed by atoms with Gasteiger partial charge < -0.3 is 9.64 Å². The lowest BCUT2D eigenvalue weighted by Crippen LogP contribution is -2.32. The first kappa shape index (κ1) is 19.5. The van der Waals surface area contributed by atoms with E-state index in [-0.39, 0.29) is 5.91 Å². The van der Waals surface area contributed by atoms with Crippen molar-refractivity contribution in [2.24, 2.45) is 0 Å². The Kier molecular flexibility index (Phi) is 8.02. The highest BCUT2D eigenvalue weighted by atomic mass is 35.5. The number of likely N-dealkylation sites (N-methyl/N-ethyl adjacent to an activating group) is 1. The van der Waals surface area contributed by atoms with E-state index in [4.69, 9.17) is 27.9 Å². The number of rotatable bonds is 9. The molecule has 1 aromatic carbocycles. The van der Waals surface area contributed by atoms with E-state index >= 15 is 0 Å². The summed E-state index contributed by atoms with van der Waals surface area (Å²) < 4.78 is 5.62. The van der Waals surface area contributed by atoms with Gasteiger partial charge in [0.15, 0.2) is 0 Å². The summed E-state index contributed by atoms with van der Waals surface area (Å²) in [7, 11) is 0. The van der Waals surface area contributed by atoms with Crippen LogP contribution in [0.15, 0.2) is 42.7 Å². The summed E-state index contributed by atoms with van der Waals surface area (Å²) in [6.45, 7) is 3.85. The average Bonchev–Trinajstić information content (AvgIpc) is 2.61. The summed E-state index contributed by atoms with van der Waals surface area (Å²) in [5.41, 5.74) is 1.18. The number of hydrogen-bond donors (Lipinski definition) is 0. The monoisotopic (exact) mass is 380 g/mol. The SMILES string of the molecule is CCN(CCc1ccncc1)C(=O)CCCOc1ccc(Cl)cc1Cl. The van der Waals surface area contributed by atoms with Crippen LogP contribution in [0.1, 0.15) is 25.3 Å². The van der Waals surface area contributed by atoms with Gasteiger partial charge in [0.2, 0.25) is 5.91 Å². The van der Waals surface area contributed by atoms with Crippen molar-refractivity contribution in [3.05, 3.63) is 58.3 Å². The molecule has 0 fully saturated rings. The first-order valence-electron chi connectivity index (χ1n) is 8.34. The van der Waals surface area contributed by atoms with Crippen molar-refractivity contribution in [2.45, 2.75) is 26.2 Å². The van der Waals surface area contributed by atoms with Gasteiger partial charge in [0.1, 0.15) is 5.75 Å². The highest BCUT2D eigenvalue weighted by Crippen LogP contribution is 2.27. The smallest absolute Gasteiger partial charge is 0.222 e. The Balaban J connectivity index is 1.72. The summed E-state index contributed by atoms with van der Waals surface area (Å²) in [5.74, 6) is 0.728. The van der Waals surface area contributed by atoms with Crippen molar-refractivity contribution in [3.63, 3.8) is 0 Å². The van der Waals surface area contributed by atoms with E-state index in [0.29, 0.717) is 48.3 Å². The fraction of sp³-hybridized carbons (Fsp3) is 0.368. The lowest BCUT2D eigenvalue weighted by atomic mass is 10.2. The number of carbonyl (C=O) groups is 1. The van der Waals surface area contributed by atoms with Crippen LogP contribution in [0, 0.1) is 0 Å². The maximum absolute atomic E-state index is 12.3. The van der Waals surface area contributed by atoms with E-state index in [2.05, 4.69) is 4.98 Å². The second-order valence-corrected chi connectivity index (χ2v) is 6.45. The minimum Gasteiger partial charge on any atom is -0.492 e. The molecule has 1 aromatic heterocycles. The minimum atomic E-state index is 0.141. The molecule has 0 radical (unpaired) electrons. The second-order valence-electron chi connectivity index (χ2n) is 5.61. The van der Waals surface area contributed by atoms with E-state index in [0.717, 1.165) is 6.42 Å². The molecule has 2 aromatic rings. The van der Waals surface area contributed by atoms with Gasteiger partial charge in [-0.15, -0.1) is 0 Å². The van der Waals surface area contributed by atoms with Gasteiger partial charge in [0, 0.05) is 36.9 Å². The Hall–Kier alpha value is -1.78. The van der Waals surface area contributed by atoms with Crippen LogP contribution < -0.4 is 4.74 Å². The van der Waals surface area contributed by atoms with Gasteiger partial charge in [-0.1, -0.05) is 23.2 Å². The third-order valence-electron chi connectivity index (χ3n) is 3.84. The first-order chi connectivity index (χ1) is 12.1. The fourth-order valence-electron chi connectivity index (χ4n) is 2.43. The molecule has 0 atom stereocenters. The molecule has 1 amide bonds. The molecule has 0 aliphatic carbocycles. The van der Waals surface area contributed by atoms with E-state index in [1.165, 1.54) is 5.56 Å². The molecule has 0 saturated carbocycles. The Morgan fingerprint density at radius 3 is 2.64 bits per heavy atom. The van der Waals surface area contributed by atoms with Crippen molar-refractivity contribution in [3.8, 4) is 5.75 Å². The van der Waals surface area contributed by atoms with Gasteiger partial charge in [-0.25, -0.2) is 0 Å². The second kappa shape index (κ2) is 10.3. The third kappa shape index (κ3) is 6.56. The molecule has 0 aliphatic heterocycles. The number of nitrogens with zero attached hydrogens (tertiary/aromatic N) is 2. The standard InChI is InChI=1S/C19H22Cl2N2O2/c1-2-23(12-9-15-7-10-22-11-8-15)19(24)4-3-13-25-18-6-5-16(20)14-17(18)21/h5-8,10-11,14H,2-4,9,12-13H2,1H3. The molecule has 0 N–H and O–H groups in total. The molecule has 6 heteroatoms. The number of amides is 1. The van der Waals surface area contributed by atoms with Crippen LogP contribution in [0.4, 0.5) is 0 Å². The van der Waals surface area contributed by atoms with Crippen LogP contribution in [0.3, 0.4) is 0 Å². The lowest BCUT2D eigenvalue weighted by Gasteiger charge is -2.21. The molecule has 0 aliphatic rings. The van der Waals surface area contributed by atoms with Crippen molar-refractivity contribution >= 4 is 29.1 Å². The summed E-state index contributed by atoms with van der Waals surface area (Å²) in [6, 6.07) is 9.05. The molecule has 4 nitrogen and oxygen atoms in total. The van der Waals surface area contributed by atoms with Crippen LogP contribution in [-0.2, 0) is 11.2 Å². The maximum Gasteiger partial charge on any atom is 0.222 e. The molecule has 0 saturated heterocycles. The first-order valence-corrected chi connectivity index (χ1v) is 9.10. The van der Waals surface area contributed by atoms with Crippen LogP contribution in [0.5, 0.6) is 5.75 Å². The fourth-order valence-corrected chi connectivity index (χ4v) is 2.89. The molecule has 25 heavy (non-hydrogen) atoms. The number of halogens is 2. The zero-order valence-electron chi connectivity index (χ0n) is 14.3. The van der Waals surface area contributed by atoms with Crippen molar-refractivity contribution in [1.29, 1.82) is 0 Å². The Bertz CT molecular complexity index is 680. The molecule has 0 spiro atoms. The number of aromatic nitrogens is 1. The van der Waals surface area contributed by atoms with E-state index < -0.39 is 0 Å². The molecule has 134 valence electrons. The predicted octanol–water partition coefficient (Wildman–Crippen LogP) is 4.64. The molecular formula is C19H22Cl2N2O2. The highest BCUT2D eigenvalue weighted by Gasteiger charge is 2.11. The van der Waals surface area contributed by atoms with Crippen LogP contribution in [0.25, 0.3) is 0 Å². The molecule has 1 heterocycles. The van der Waals surface area contributed by atoms with Crippen molar-refractivity contribution in [1.82, 2.24) is 9.88 Å². The number of ether oxygens (including phenoxy) is 1. The van der Waals surface area contributed by atoms with E-state index in [1.807, 2.05) is 24.0 Å². The van der Waals surface area contributed by atoms with Gasteiger partial charge >= 0.3 is 0 Å². The Morgan fingerprint density at radius 2 is 1.96 bits per heavy atom. The Labute approximate surface area is 158 Å². The third-order valence-corrected chi connectivity index (χ3v) is 4.37. The number of carbonyl (C=O) groups excluding carboxylic acids is 1. The zero-order chi connectivity index (χ0) is 18.1. The average molecular weight is 381 g/mol. The molecule has 2 rings (SSSR count). The summed E-state index contributed by atoms with van der Waals surface area (Å²) in [6.07, 6.45) is 5.47. The van der Waals surface area contributed by atoms with Crippen molar-refractivity contribution < 1.29 is 9.53 Å². The molecular weight excluding hydrogens is 359 g/mol. The highest BCUT2D eigenvalue weighted by molar-refractivity contribution is 6.35. The normalized spacial score (nSPS) is 10.5. The molecule has 0 unspecified atom stereocenters. The predicted molar refractivity (Wildman–Crippen MR) is 101 cm³/mol. The summed E-state index contributed by atoms with van der Waals surface area (Å²) in [5, 5.41) is 1.05. The zero-order valence-corrected chi connectivity index (χ0v) is 15.8. The minimum absolute atomic E-state index is 0.141. The Morgan fingerprint density at radius 1 is 1.20 bits per heavy atom. The number of pyridine rings is 1. The van der Waals surface area contributed by atoms with Crippen LogP contribution >= 0.6 is 23.2 Å². The number of hydrogen-bond acceptors (Lipinski definition) is 3. The van der Waals surface area contributed by atoms with E-state index in [1.54, 1.807) is 30.6 Å². The van der Waals surface area contributed by atoms with E-state index in [9.17, 15) is 4.79 Å². The largest absolute Gasteiger partial charge is 0.492 e. The maximum atomic E-state index is 12.3. The summed E-state index contributed by atoms with van der Waals surface area (Å²) in [4.78, 5) is 18.2. The van der Waals surface area contributed by atoms with Gasteiger partial charge in [-0.3, -0.25) is 9.78 Å². The van der Waals surface area contributed by atoms with Crippen LogP contribution in [0.2, 0.25) is 10.0 Å². The van der Waals surface area contributed by atoms with Gasteiger partial charge in [-0.2, -0.15) is 0 Å². The van der Waals surface area contributed by atoms with Gasteiger partial charge in [0.25, 0.3) is 0 Å². The van der Waals surface area contributed by atoms with Crippen LogP contribution in [-0.4, -0.2) is 35.5 Å². The van der Waals surface area contributed by atoms with Gasteiger partial charge in [-0.05, 0) is 55.7 Å². The summed E-state index contributed by atoms with van der Waals surface area (Å²) >= 11 is 11.9. The van der Waals surface area contributed by atoms with Crippen molar-refractivity contribution in [2.75, 3.05) is 19.7 Å². The lowest BCUT2D eigenvalue weighted by molar-refractivity contribution is -0.131. The van der Waals surface area contributed by atoms with Gasteiger partial charge in [0.05, 0.1) is 11.6 Å². The molecule has 0 bridgehead atoms. The topological polar surface area (TPSA) is 42.4 Å².